The van der Waals surface area contributed by atoms with Crippen LogP contribution in [0.25, 0.3) is 33.1 Å². The molecule has 0 atom stereocenters. The van der Waals surface area contributed by atoms with Gasteiger partial charge in [0.25, 0.3) is 0 Å². The number of benzene rings is 2. The van der Waals surface area contributed by atoms with E-state index in [0.717, 1.165) is 44.3 Å². The quantitative estimate of drug-likeness (QED) is 0.405. The monoisotopic (exact) mass is 334 g/mol. The average molecular weight is 334 g/mol. The molecule has 3 heteroatoms. The lowest BCUT2D eigenvalue weighted by atomic mass is 9.94. The first-order chi connectivity index (χ1) is 11.7. The molecule has 0 bridgehead atoms. The van der Waals surface area contributed by atoms with Crippen molar-refractivity contribution in [3.05, 3.63) is 55.2 Å². The predicted molar refractivity (Wildman–Crippen MR) is 103 cm³/mol. The standard InChI is InChI=1S/C22H22O3/c1-9-8-16-18-19(23)17-13(5)11(3)12(4)15(7)21(17)25-22(18)24-20(16)14(6)10(9)2/h8H,1-7H3. The normalized spacial score (nSPS) is 12.0. The van der Waals surface area contributed by atoms with Crippen LogP contribution in [0.4, 0.5) is 0 Å². The molecule has 3 nitrogen and oxygen atoms in total. The number of rotatable bonds is 0. The highest BCUT2D eigenvalue weighted by Gasteiger charge is 2.22. The molecule has 0 fully saturated rings. The zero-order valence-electron chi connectivity index (χ0n) is 15.8. The zero-order valence-corrected chi connectivity index (χ0v) is 15.8. The third-order valence-electron chi connectivity index (χ3n) is 6.05. The topological polar surface area (TPSA) is 43.4 Å². The van der Waals surface area contributed by atoms with Gasteiger partial charge in [-0.05, 0) is 93.5 Å². The molecule has 0 spiro atoms. The number of hydrogen-bond donors (Lipinski definition) is 0. The van der Waals surface area contributed by atoms with E-state index in [9.17, 15) is 4.79 Å². The van der Waals surface area contributed by atoms with E-state index in [2.05, 4.69) is 27.7 Å². The number of fused-ring (bicyclic) bond motifs is 4. The van der Waals surface area contributed by atoms with Crippen molar-refractivity contribution in [3.63, 3.8) is 0 Å². The molecule has 25 heavy (non-hydrogen) atoms. The Morgan fingerprint density at radius 1 is 0.640 bits per heavy atom. The van der Waals surface area contributed by atoms with Gasteiger partial charge >= 0.3 is 5.78 Å². The maximum absolute atomic E-state index is 13.4. The highest BCUT2D eigenvalue weighted by molar-refractivity contribution is 6.08. The van der Waals surface area contributed by atoms with Crippen LogP contribution in [0.1, 0.15) is 38.9 Å². The molecular weight excluding hydrogens is 312 g/mol. The lowest BCUT2D eigenvalue weighted by molar-refractivity contribution is 0.516. The smallest absolute Gasteiger partial charge is 0.302 e. The summed E-state index contributed by atoms with van der Waals surface area (Å²) in [5, 5.41) is 2.08. The lowest BCUT2D eigenvalue weighted by Crippen LogP contribution is -2.06. The van der Waals surface area contributed by atoms with Crippen LogP contribution >= 0.6 is 0 Å². The molecule has 128 valence electrons. The summed E-state index contributed by atoms with van der Waals surface area (Å²) in [7, 11) is 0. The van der Waals surface area contributed by atoms with Gasteiger partial charge in [0.2, 0.25) is 5.43 Å². The molecule has 0 aliphatic heterocycles. The van der Waals surface area contributed by atoms with Gasteiger partial charge in [0.1, 0.15) is 16.6 Å². The SMILES string of the molecule is Cc1cc2c(oc3oc4c(C)c(C)c(C)c(C)c4c(=O)c32)c(C)c1C. The average Bonchev–Trinajstić information content (AvgIpc) is 2.94. The number of hydrogen-bond acceptors (Lipinski definition) is 3. The van der Waals surface area contributed by atoms with Gasteiger partial charge in [-0.25, -0.2) is 0 Å². The fourth-order valence-corrected chi connectivity index (χ4v) is 3.81. The summed E-state index contributed by atoms with van der Waals surface area (Å²) in [6.45, 7) is 14.3. The molecule has 0 aliphatic rings. The van der Waals surface area contributed by atoms with Gasteiger partial charge in [0, 0.05) is 5.39 Å². The summed E-state index contributed by atoms with van der Waals surface area (Å²) >= 11 is 0. The second-order valence-electron chi connectivity index (χ2n) is 7.22. The Morgan fingerprint density at radius 3 is 1.88 bits per heavy atom. The summed E-state index contributed by atoms with van der Waals surface area (Å²) < 4.78 is 12.1. The Morgan fingerprint density at radius 2 is 1.20 bits per heavy atom. The minimum absolute atomic E-state index is 0.00125. The molecule has 0 radical (unpaired) electrons. The van der Waals surface area contributed by atoms with E-state index in [1.165, 1.54) is 5.56 Å². The Bertz CT molecular complexity index is 1270. The van der Waals surface area contributed by atoms with Crippen molar-refractivity contribution in [2.75, 3.05) is 0 Å². The van der Waals surface area contributed by atoms with Crippen LogP contribution < -0.4 is 5.43 Å². The maximum Gasteiger partial charge on any atom is 0.302 e. The van der Waals surface area contributed by atoms with Crippen LogP contribution in [0.5, 0.6) is 0 Å². The van der Waals surface area contributed by atoms with Crippen LogP contribution in [0.15, 0.2) is 19.7 Å². The molecule has 0 amide bonds. The largest absolute Gasteiger partial charge is 0.424 e. The van der Waals surface area contributed by atoms with Crippen LogP contribution in [-0.2, 0) is 0 Å². The summed E-state index contributed by atoms with van der Waals surface area (Å²) in [6.07, 6.45) is 0. The van der Waals surface area contributed by atoms with E-state index in [-0.39, 0.29) is 5.43 Å². The first kappa shape index (κ1) is 15.9. The molecule has 2 aromatic carbocycles. The molecule has 2 aromatic heterocycles. The van der Waals surface area contributed by atoms with Gasteiger partial charge in [-0.2, -0.15) is 0 Å². The van der Waals surface area contributed by atoms with Crippen LogP contribution in [0, 0.1) is 48.5 Å². The Kier molecular flexibility index (Phi) is 3.18. The van der Waals surface area contributed by atoms with E-state index in [1.54, 1.807) is 0 Å². The number of aryl methyl sites for hydroxylation is 4. The van der Waals surface area contributed by atoms with Gasteiger partial charge < -0.3 is 8.83 Å². The van der Waals surface area contributed by atoms with Crippen LogP contribution in [-0.4, -0.2) is 0 Å². The predicted octanol–water partition coefficient (Wildman–Crippen LogP) is 5.85. The Hall–Kier alpha value is -2.55. The van der Waals surface area contributed by atoms with Crippen molar-refractivity contribution < 1.29 is 8.83 Å². The lowest BCUT2D eigenvalue weighted by Gasteiger charge is -2.12. The molecule has 0 N–H and O–H groups in total. The molecular formula is C22H22O3. The third-order valence-corrected chi connectivity index (χ3v) is 6.05. The first-order valence-corrected chi connectivity index (χ1v) is 8.60. The molecule has 0 aliphatic carbocycles. The van der Waals surface area contributed by atoms with Gasteiger partial charge in [-0.1, -0.05) is 0 Å². The van der Waals surface area contributed by atoms with Crippen molar-refractivity contribution in [1.82, 2.24) is 0 Å². The first-order valence-electron chi connectivity index (χ1n) is 8.60. The minimum Gasteiger partial charge on any atom is -0.424 e. The number of furan rings is 1. The summed E-state index contributed by atoms with van der Waals surface area (Å²) in [4.78, 5) is 13.4. The summed E-state index contributed by atoms with van der Waals surface area (Å²) in [6, 6.07) is 2.04. The Balaban J connectivity index is 2.36. The van der Waals surface area contributed by atoms with Crippen molar-refractivity contribution in [1.29, 1.82) is 0 Å². The highest BCUT2D eigenvalue weighted by atomic mass is 16.5. The molecule has 4 rings (SSSR count). The van der Waals surface area contributed by atoms with E-state index in [1.807, 2.05) is 26.8 Å². The van der Waals surface area contributed by atoms with Crippen molar-refractivity contribution in [2.24, 2.45) is 0 Å². The minimum atomic E-state index is 0.00125. The van der Waals surface area contributed by atoms with Gasteiger partial charge in [0.15, 0.2) is 0 Å². The van der Waals surface area contributed by atoms with E-state index < -0.39 is 0 Å². The maximum atomic E-state index is 13.4. The fourth-order valence-electron chi connectivity index (χ4n) is 3.81. The van der Waals surface area contributed by atoms with Gasteiger partial charge in [0.05, 0.1) is 5.39 Å². The zero-order chi connectivity index (χ0) is 18.2. The van der Waals surface area contributed by atoms with E-state index >= 15 is 0 Å². The molecule has 0 saturated carbocycles. The van der Waals surface area contributed by atoms with Gasteiger partial charge in [-0.3, -0.25) is 4.79 Å². The fraction of sp³-hybridized carbons (Fsp3) is 0.318. The second-order valence-corrected chi connectivity index (χ2v) is 7.22. The highest BCUT2D eigenvalue weighted by Crippen LogP contribution is 2.36. The van der Waals surface area contributed by atoms with E-state index in [0.29, 0.717) is 22.1 Å². The second kappa shape index (κ2) is 4.98. The van der Waals surface area contributed by atoms with Crippen molar-refractivity contribution in [3.8, 4) is 0 Å². The Labute approximate surface area is 146 Å². The molecule has 2 heterocycles. The van der Waals surface area contributed by atoms with Crippen LogP contribution in [0.2, 0.25) is 0 Å². The van der Waals surface area contributed by atoms with Crippen molar-refractivity contribution >= 4 is 33.1 Å². The molecule has 0 saturated heterocycles. The summed E-state index contributed by atoms with van der Waals surface area (Å²) in [5.74, 6) is 0.325. The third kappa shape index (κ3) is 1.89. The molecule has 0 unspecified atom stereocenters. The van der Waals surface area contributed by atoms with Crippen LogP contribution in [0.3, 0.4) is 0 Å². The van der Waals surface area contributed by atoms with E-state index in [4.69, 9.17) is 8.83 Å². The van der Waals surface area contributed by atoms with Crippen molar-refractivity contribution in [2.45, 2.75) is 48.5 Å². The van der Waals surface area contributed by atoms with Gasteiger partial charge in [-0.15, -0.1) is 0 Å². The summed E-state index contributed by atoms with van der Waals surface area (Å²) in [5.41, 5.74) is 9.08. The molecule has 4 aromatic rings.